The average Bonchev–Trinajstić information content (AvgIpc) is 3.00. The Hall–Kier alpha value is -1.84. The second-order valence-electron chi connectivity index (χ2n) is 5.65. The molecule has 3 nitrogen and oxygen atoms in total. The van der Waals surface area contributed by atoms with Gasteiger partial charge in [0.05, 0.1) is 0 Å². The number of hydrogen-bond donors (Lipinski definition) is 1. The van der Waals surface area contributed by atoms with Crippen LogP contribution in [0.5, 0.6) is 0 Å². The third kappa shape index (κ3) is 1.62. The van der Waals surface area contributed by atoms with Crippen LogP contribution in [0.1, 0.15) is 27.0 Å². The lowest BCUT2D eigenvalue weighted by molar-refractivity contribution is 0.0694. The first kappa shape index (κ1) is 12.9. The number of nitrogens with one attached hydrogen (secondary N) is 1. The third-order valence-corrected chi connectivity index (χ3v) is 4.64. The Morgan fingerprint density at radius 2 is 2.10 bits per heavy atom. The van der Waals surface area contributed by atoms with Gasteiger partial charge in [-0.05, 0) is 30.7 Å². The number of nitrogens with zero attached hydrogens (tertiary/aromatic N) is 1. The van der Waals surface area contributed by atoms with Gasteiger partial charge in [0, 0.05) is 29.2 Å². The maximum Gasteiger partial charge on any atom is 0.256 e. The van der Waals surface area contributed by atoms with Gasteiger partial charge in [-0.2, -0.15) is 0 Å². The lowest BCUT2D eigenvalue weighted by atomic mass is 9.90. The van der Waals surface area contributed by atoms with E-state index in [2.05, 4.69) is 30.4 Å². The van der Waals surface area contributed by atoms with Gasteiger partial charge in [0.2, 0.25) is 0 Å². The fourth-order valence-corrected chi connectivity index (χ4v) is 3.71. The maximum atomic E-state index is 12.7. The molecule has 0 aliphatic carbocycles. The zero-order valence-electron chi connectivity index (χ0n) is 11.7. The fourth-order valence-electron chi connectivity index (χ4n) is 3.54. The Morgan fingerprint density at radius 1 is 1.24 bits per heavy atom. The van der Waals surface area contributed by atoms with Gasteiger partial charge in [0.15, 0.2) is 0 Å². The Balaban J connectivity index is 2.02. The van der Waals surface area contributed by atoms with E-state index in [0.717, 1.165) is 23.2 Å². The van der Waals surface area contributed by atoms with Crippen LogP contribution >= 0.6 is 11.6 Å². The van der Waals surface area contributed by atoms with E-state index in [0.29, 0.717) is 11.6 Å². The van der Waals surface area contributed by atoms with Gasteiger partial charge >= 0.3 is 0 Å². The smallest absolute Gasteiger partial charge is 0.256 e. The molecule has 106 valence electrons. The molecule has 21 heavy (non-hydrogen) atoms. The zero-order valence-corrected chi connectivity index (χ0v) is 12.4. The summed E-state index contributed by atoms with van der Waals surface area (Å²) in [7, 11) is 0. The molecular formula is C17H15ClN2O. The molecule has 2 aromatic rings. The Bertz CT molecular complexity index is 758. The summed E-state index contributed by atoms with van der Waals surface area (Å²) in [5.41, 5.74) is 3.41. The number of rotatable bonds is 1. The number of amides is 1. The van der Waals surface area contributed by atoms with Crippen molar-refractivity contribution in [1.29, 1.82) is 0 Å². The number of benzene rings is 2. The summed E-state index contributed by atoms with van der Waals surface area (Å²) in [6.07, 6.45) is 0. The van der Waals surface area contributed by atoms with E-state index in [9.17, 15) is 4.79 Å². The SMILES string of the molecule is Cc1cccc(C23NCCN2C(=O)c2ccc(Cl)cc23)c1. The largest absolute Gasteiger partial charge is 0.311 e. The number of fused-ring (bicyclic) bond motifs is 3. The maximum absolute atomic E-state index is 12.7. The molecule has 0 aromatic heterocycles. The fraction of sp³-hybridized carbons (Fsp3) is 0.235. The predicted octanol–water partition coefficient (Wildman–Crippen LogP) is 2.91. The molecule has 0 spiro atoms. The van der Waals surface area contributed by atoms with Crippen molar-refractivity contribution >= 4 is 17.5 Å². The van der Waals surface area contributed by atoms with Crippen LogP contribution in [0.3, 0.4) is 0 Å². The highest BCUT2D eigenvalue weighted by molar-refractivity contribution is 6.30. The summed E-state index contributed by atoms with van der Waals surface area (Å²) < 4.78 is 0. The number of halogens is 1. The lowest BCUT2D eigenvalue weighted by Crippen LogP contribution is -2.46. The number of carbonyl (C=O) groups is 1. The quantitative estimate of drug-likeness (QED) is 0.878. The van der Waals surface area contributed by atoms with Crippen LogP contribution in [0.4, 0.5) is 0 Å². The summed E-state index contributed by atoms with van der Waals surface area (Å²) in [4.78, 5) is 14.6. The standard InChI is InChI=1S/C17H15ClN2O/c1-11-3-2-4-12(9-11)17-15-10-13(18)5-6-14(15)16(21)20(17)8-7-19-17/h2-6,9-10,19H,7-8H2,1H3. The van der Waals surface area contributed by atoms with E-state index in [-0.39, 0.29) is 5.91 Å². The van der Waals surface area contributed by atoms with Crippen LogP contribution in [0, 0.1) is 6.92 Å². The molecule has 4 rings (SSSR count). The predicted molar refractivity (Wildman–Crippen MR) is 82.5 cm³/mol. The second-order valence-corrected chi connectivity index (χ2v) is 6.09. The molecule has 0 saturated carbocycles. The first-order valence-electron chi connectivity index (χ1n) is 7.07. The van der Waals surface area contributed by atoms with E-state index < -0.39 is 5.66 Å². The minimum absolute atomic E-state index is 0.0770. The summed E-state index contributed by atoms with van der Waals surface area (Å²) in [5.74, 6) is 0.0770. The van der Waals surface area contributed by atoms with Gasteiger partial charge in [0.1, 0.15) is 5.66 Å². The van der Waals surface area contributed by atoms with Gasteiger partial charge in [-0.1, -0.05) is 41.4 Å². The second kappa shape index (κ2) is 4.33. The first-order chi connectivity index (χ1) is 10.1. The normalized spacial score (nSPS) is 23.3. The van der Waals surface area contributed by atoms with Gasteiger partial charge in [0.25, 0.3) is 5.91 Å². The van der Waals surface area contributed by atoms with E-state index in [1.54, 1.807) is 6.07 Å². The van der Waals surface area contributed by atoms with E-state index in [4.69, 9.17) is 11.6 Å². The van der Waals surface area contributed by atoms with Gasteiger partial charge in [-0.25, -0.2) is 0 Å². The molecule has 1 saturated heterocycles. The summed E-state index contributed by atoms with van der Waals surface area (Å²) >= 11 is 6.18. The molecule has 1 amide bonds. The van der Waals surface area contributed by atoms with Crippen LogP contribution < -0.4 is 5.32 Å². The molecule has 2 heterocycles. The molecule has 4 heteroatoms. The molecule has 2 aliphatic rings. The van der Waals surface area contributed by atoms with E-state index in [1.807, 2.05) is 23.1 Å². The Labute approximate surface area is 128 Å². The average molecular weight is 299 g/mol. The highest BCUT2D eigenvalue weighted by Crippen LogP contribution is 2.45. The molecule has 1 atom stereocenters. The number of aryl methyl sites for hydroxylation is 1. The number of hydrogen-bond acceptors (Lipinski definition) is 2. The van der Waals surface area contributed by atoms with E-state index >= 15 is 0 Å². The minimum atomic E-state index is -0.566. The molecule has 1 N–H and O–H groups in total. The Kier molecular flexibility index (Phi) is 2.65. The van der Waals surface area contributed by atoms with Crippen molar-refractivity contribution < 1.29 is 4.79 Å². The highest BCUT2D eigenvalue weighted by Gasteiger charge is 2.53. The lowest BCUT2D eigenvalue weighted by Gasteiger charge is -2.33. The third-order valence-electron chi connectivity index (χ3n) is 4.40. The van der Waals surface area contributed by atoms with Crippen molar-refractivity contribution in [3.63, 3.8) is 0 Å². The van der Waals surface area contributed by atoms with Crippen LogP contribution in [0.15, 0.2) is 42.5 Å². The molecule has 0 radical (unpaired) electrons. The van der Waals surface area contributed by atoms with Crippen LogP contribution in [0.25, 0.3) is 0 Å². The molecule has 2 aliphatic heterocycles. The molecule has 2 aromatic carbocycles. The summed E-state index contributed by atoms with van der Waals surface area (Å²) in [6, 6.07) is 13.8. The van der Waals surface area contributed by atoms with Crippen molar-refractivity contribution in [2.75, 3.05) is 13.1 Å². The molecule has 1 fully saturated rings. The van der Waals surface area contributed by atoms with Crippen LogP contribution in [-0.2, 0) is 5.66 Å². The Morgan fingerprint density at radius 3 is 2.90 bits per heavy atom. The topological polar surface area (TPSA) is 32.3 Å². The van der Waals surface area contributed by atoms with Gasteiger partial charge in [-0.15, -0.1) is 0 Å². The van der Waals surface area contributed by atoms with Gasteiger partial charge < -0.3 is 4.90 Å². The van der Waals surface area contributed by atoms with Crippen molar-refractivity contribution in [1.82, 2.24) is 10.2 Å². The van der Waals surface area contributed by atoms with Crippen molar-refractivity contribution in [3.8, 4) is 0 Å². The molecule has 0 bridgehead atoms. The number of carbonyl (C=O) groups excluding carboxylic acids is 1. The van der Waals surface area contributed by atoms with E-state index in [1.165, 1.54) is 5.56 Å². The minimum Gasteiger partial charge on any atom is -0.311 e. The summed E-state index contributed by atoms with van der Waals surface area (Å²) in [5, 5.41) is 4.19. The molecular weight excluding hydrogens is 284 g/mol. The zero-order chi connectivity index (χ0) is 14.6. The highest BCUT2D eigenvalue weighted by atomic mass is 35.5. The summed E-state index contributed by atoms with van der Waals surface area (Å²) in [6.45, 7) is 3.56. The first-order valence-corrected chi connectivity index (χ1v) is 7.45. The monoisotopic (exact) mass is 298 g/mol. The van der Waals surface area contributed by atoms with Crippen molar-refractivity contribution in [3.05, 3.63) is 69.7 Å². The van der Waals surface area contributed by atoms with Gasteiger partial charge in [-0.3, -0.25) is 10.1 Å². The van der Waals surface area contributed by atoms with Crippen molar-refractivity contribution in [2.45, 2.75) is 12.6 Å². The molecule has 1 unspecified atom stereocenters. The van der Waals surface area contributed by atoms with Crippen LogP contribution in [0.2, 0.25) is 5.02 Å². The van der Waals surface area contributed by atoms with Crippen LogP contribution in [-0.4, -0.2) is 23.9 Å². The van der Waals surface area contributed by atoms with Crippen molar-refractivity contribution in [2.24, 2.45) is 0 Å².